The number of methoxy groups -OCH3 is 1. The lowest BCUT2D eigenvalue weighted by Crippen LogP contribution is -2.37. The Bertz CT molecular complexity index is 909. The summed E-state index contributed by atoms with van der Waals surface area (Å²) in [6.45, 7) is 5.19. The van der Waals surface area contributed by atoms with Gasteiger partial charge in [0.2, 0.25) is 5.91 Å². The van der Waals surface area contributed by atoms with Crippen molar-refractivity contribution in [3.63, 3.8) is 0 Å². The van der Waals surface area contributed by atoms with Gasteiger partial charge in [0.05, 0.1) is 18.6 Å². The molecule has 2 aromatic carbocycles. The molecule has 0 saturated carbocycles. The molecule has 1 atom stereocenters. The summed E-state index contributed by atoms with van der Waals surface area (Å²) in [4.78, 5) is 36.6. The Labute approximate surface area is 174 Å². The van der Waals surface area contributed by atoms with E-state index in [1.165, 1.54) is 12.1 Å². The summed E-state index contributed by atoms with van der Waals surface area (Å²) < 4.78 is 23.6. The second-order valence-electron chi connectivity index (χ2n) is 7.52. The number of hydrogen-bond donors (Lipinski definition) is 2. The number of rotatable bonds is 6. The van der Waals surface area contributed by atoms with Crippen LogP contribution in [-0.2, 0) is 14.3 Å². The predicted molar refractivity (Wildman–Crippen MR) is 110 cm³/mol. The zero-order valence-corrected chi connectivity index (χ0v) is 17.3. The van der Waals surface area contributed by atoms with E-state index in [0.717, 1.165) is 13.2 Å². The zero-order chi connectivity index (χ0) is 22.3. The third kappa shape index (κ3) is 6.58. The van der Waals surface area contributed by atoms with Crippen LogP contribution in [0.3, 0.4) is 0 Å². The van der Waals surface area contributed by atoms with Crippen molar-refractivity contribution in [3.8, 4) is 0 Å². The topological polar surface area (TPSA) is 93.7 Å². The van der Waals surface area contributed by atoms with Crippen molar-refractivity contribution in [2.45, 2.75) is 32.3 Å². The second-order valence-corrected chi connectivity index (χ2v) is 7.52. The van der Waals surface area contributed by atoms with E-state index in [2.05, 4.69) is 15.4 Å². The highest BCUT2D eigenvalue weighted by molar-refractivity contribution is 5.98. The summed E-state index contributed by atoms with van der Waals surface area (Å²) in [5.41, 5.74) is -0.0766. The van der Waals surface area contributed by atoms with Crippen LogP contribution in [0, 0.1) is 5.82 Å². The van der Waals surface area contributed by atoms with Crippen LogP contribution in [0.15, 0.2) is 48.5 Å². The normalized spacial score (nSPS) is 11.9. The van der Waals surface area contributed by atoms with Gasteiger partial charge in [0.1, 0.15) is 11.4 Å². The summed E-state index contributed by atoms with van der Waals surface area (Å²) in [5.74, 6) is -2.80. The maximum absolute atomic E-state index is 13.8. The molecule has 7 nitrogen and oxygen atoms in total. The van der Waals surface area contributed by atoms with Gasteiger partial charge in [0.25, 0.3) is 0 Å². The highest BCUT2D eigenvalue weighted by Gasteiger charge is 2.24. The van der Waals surface area contributed by atoms with Gasteiger partial charge in [-0.1, -0.05) is 30.3 Å². The molecule has 0 aromatic heterocycles. The molecule has 0 bridgehead atoms. The number of hydrogen-bond acceptors (Lipinski definition) is 5. The van der Waals surface area contributed by atoms with Gasteiger partial charge in [-0.2, -0.15) is 0 Å². The first-order valence-corrected chi connectivity index (χ1v) is 9.31. The number of esters is 1. The van der Waals surface area contributed by atoms with Crippen molar-refractivity contribution < 1.29 is 28.2 Å². The van der Waals surface area contributed by atoms with E-state index in [1.54, 1.807) is 45.0 Å². The maximum atomic E-state index is 13.8. The number of benzene rings is 2. The Balaban J connectivity index is 2.19. The third-order valence-electron chi connectivity index (χ3n) is 4.01. The van der Waals surface area contributed by atoms with Gasteiger partial charge in [0, 0.05) is 12.2 Å². The average Bonchev–Trinajstić information content (AvgIpc) is 2.68. The first kappa shape index (κ1) is 22.9. The molecule has 0 aliphatic heterocycles. The van der Waals surface area contributed by atoms with Crippen LogP contribution in [0.4, 0.5) is 14.9 Å². The Morgan fingerprint density at radius 1 is 1.07 bits per heavy atom. The maximum Gasteiger partial charge on any atom is 0.407 e. The number of nitrogens with one attached hydrogen (secondary N) is 2. The molecule has 0 unspecified atom stereocenters. The van der Waals surface area contributed by atoms with Gasteiger partial charge >= 0.3 is 12.1 Å². The number of amides is 2. The molecule has 0 aliphatic carbocycles. The van der Waals surface area contributed by atoms with E-state index in [0.29, 0.717) is 5.56 Å². The second kappa shape index (κ2) is 9.87. The average molecular weight is 416 g/mol. The molecule has 8 heteroatoms. The van der Waals surface area contributed by atoms with E-state index in [1.807, 2.05) is 6.07 Å². The molecule has 2 amide bonds. The van der Waals surface area contributed by atoms with E-state index in [-0.39, 0.29) is 17.8 Å². The van der Waals surface area contributed by atoms with Crippen LogP contribution in [0.5, 0.6) is 0 Å². The van der Waals surface area contributed by atoms with Crippen LogP contribution in [-0.4, -0.2) is 37.2 Å². The largest absolute Gasteiger partial charge is 0.465 e. The number of ether oxygens (including phenoxy) is 2. The molecule has 2 N–H and O–H groups in total. The lowest BCUT2D eigenvalue weighted by molar-refractivity contribution is -0.117. The SMILES string of the molecule is COC(=O)c1cc(NC(=O)[C@@H](CNC(=O)OC(C)(C)C)c2ccccc2)ccc1F. The van der Waals surface area contributed by atoms with Crippen molar-refractivity contribution in [1.29, 1.82) is 0 Å². The molecule has 2 aromatic rings. The number of carbonyl (C=O) groups is 3. The molecule has 0 spiro atoms. The summed E-state index contributed by atoms with van der Waals surface area (Å²) in [7, 11) is 1.14. The number of anilines is 1. The minimum absolute atomic E-state index is 0.0180. The fourth-order valence-electron chi connectivity index (χ4n) is 2.65. The highest BCUT2D eigenvalue weighted by Crippen LogP contribution is 2.20. The van der Waals surface area contributed by atoms with E-state index in [9.17, 15) is 18.8 Å². The smallest absolute Gasteiger partial charge is 0.407 e. The third-order valence-corrected chi connectivity index (χ3v) is 4.01. The predicted octanol–water partition coefficient (Wildman–Crippen LogP) is 3.86. The molecule has 30 heavy (non-hydrogen) atoms. The highest BCUT2D eigenvalue weighted by atomic mass is 19.1. The summed E-state index contributed by atoms with van der Waals surface area (Å²) in [6.07, 6.45) is -0.647. The van der Waals surface area contributed by atoms with Gasteiger partial charge in [-0.15, -0.1) is 0 Å². The quantitative estimate of drug-likeness (QED) is 0.698. The molecule has 0 radical (unpaired) electrons. The molecule has 2 rings (SSSR count). The van der Waals surface area contributed by atoms with E-state index < -0.39 is 35.3 Å². The minimum Gasteiger partial charge on any atom is -0.465 e. The monoisotopic (exact) mass is 416 g/mol. The van der Waals surface area contributed by atoms with Crippen LogP contribution in [0.2, 0.25) is 0 Å². The molecule has 0 saturated heterocycles. The molecule has 0 heterocycles. The van der Waals surface area contributed by atoms with E-state index >= 15 is 0 Å². The van der Waals surface area contributed by atoms with Crippen molar-refractivity contribution in [2.24, 2.45) is 0 Å². The van der Waals surface area contributed by atoms with Crippen molar-refractivity contribution in [3.05, 3.63) is 65.5 Å². The summed E-state index contributed by atoms with van der Waals surface area (Å²) in [5, 5.41) is 5.25. The number of carbonyl (C=O) groups excluding carboxylic acids is 3. The van der Waals surface area contributed by atoms with Gasteiger partial charge in [-0.3, -0.25) is 4.79 Å². The minimum atomic E-state index is -0.852. The Kier molecular flexibility index (Phi) is 7.52. The van der Waals surface area contributed by atoms with Crippen molar-refractivity contribution in [2.75, 3.05) is 19.0 Å². The van der Waals surface area contributed by atoms with Crippen LogP contribution < -0.4 is 10.6 Å². The summed E-state index contributed by atoms with van der Waals surface area (Å²) >= 11 is 0. The van der Waals surface area contributed by atoms with Gasteiger partial charge in [-0.05, 0) is 44.5 Å². The lowest BCUT2D eigenvalue weighted by atomic mass is 9.98. The van der Waals surface area contributed by atoms with Crippen molar-refractivity contribution in [1.82, 2.24) is 5.32 Å². The molecule has 0 aliphatic rings. The first-order valence-electron chi connectivity index (χ1n) is 9.31. The standard InChI is InChI=1S/C22H25FN2O5/c1-22(2,3)30-21(28)24-13-17(14-8-6-5-7-9-14)19(26)25-15-10-11-18(23)16(12-15)20(27)29-4/h5-12,17H,13H2,1-4H3,(H,24,28)(H,25,26)/t17-/m0/s1. The molecule has 160 valence electrons. The fraction of sp³-hybridized carbons (Fsp3) is 0.318. The van der Waals surface area contributed by atoms with Crippen LogP contribution in [0.25, 0.3) is 0 Å². The fourth-order valence-corrected chi connectivity index (χ4v) is 2.65. The van der Waals surface area contributed by atoms with Gasteiger partial charge in [0.15, 0.2) is 0 Å². The zero-order valence-electron chi connectivity index (χ0n) is 17.3. The van der Waals surface area contributed by atoms with Gasteiger partial charge < -0.3 is 20.1 Å². The molecular weight excluding hydrogens is 391 g/mol. The van der Waals surface area contributed by atoms with E-state index in [4.69, 9.17) is 4.74 Å². The molecular formula is C22H25FN2O5. The van der Waals surface area contributed by atoms with Gasteiger partial charge in [-0.25, -0.2) is 14.0 Å². The number of alkyl carbamates (subject to hydrolysis) is 1. The lowest BCUT2D eigenvalue weighted by Gasteiger charge is -2.22. The van der Waals surface area contributed by atoms with Crippen molar-refractivity contribution >= 4 is 23.7 Å². The Morgan fingerprint density at radius 2 is 1.73 bits per heavy atom. The van der Waals surface area contributed by atoms with Crippen LogP contribution in [0.1, 0.15) is 42.6 Å². The Hall–Kier alpha value is -3.42. The molecule has 0 fully saturated rings. The van der Waals surface area contributed by atoms with Crippen LogP contribution >= 0.6 is 0 Å². The number of halogens is 1. The summed E-state index contributed by atoms with van der Waals surface area (Å²) in [6, 6.07) is 12.5. The Morgan fingerprint density at radius 3 is 2.33 bits per heavy atom. The first-order chi connectivity index (χ1) is 14.1.